The van der Waals surface area contributed by atoms with E-state index in [1.165, 1.54) is 18.2 Å². The van der Waals surface area contributed by atoms with Crippen molar-refractivity contribution in [1.29, 1.82) is 0 Å². The molecule has 2 heterocycles. The molecule has 0 bridgehead atoms. The van der Waals surface area contributed by atoms with E-state index >= 15 is 0 Å². The molecule has 140 valence electrons. The second-order valence-corrected chi connectivity index (χ2v) is 5.98. The number of imide groups is 2. The van der Waals surface area contributed by atoms with Gasteiger partial charge < -0.3 is 10.1 Å². The molecule has 27 heavy (non-hydrogen) atoms. The average Bonchev–Trinajstić information content (AvgIpc) is 2.87. The highest BCUT2D eigenvalue weighted by molar-refractivity contribution is 6.26. The first kappa shape index (κ1) is 18.2. The number of nitrogens with one attached hydrogen (secondary N) is 2. The van der Waals surface area contributed by atoms with Gasteiger partial charge in [0.1, 0.15) is 12.5 Å². The van der Waals surface area contributed by atoms with Gasteiger partial charge in [-0.25, -0.2) is 0 Å². The van der Waals surface area contributed by atoms with Gasteiger partial charge in [0.25, 0.3) is 11.8 Å². The fourth-order valence-corrected chi connectivity index (χ4v) is 3.02. The van der Waals surface area contributed by atoms with Gasteiger partial charge in [-0.3, -0.25) is 39.0 Å². The van der Waals surface area contributed by atoms with Gasteiger partial charge >= 0.3 is 5.97 Å². The lowest BCUT2D eigenvalue weighted by Gasteiger charge is -2.27. The molecule has 1 aromatic carbocycles. The van der Waals surface area contributed by atoms with Crippen molar-refractivity contribution in [3.63, 3.8) is 0 Å². The molecule has 1 aromatic rings. The summed E-state index contributed by atoms with van der Waals surface area (Å²) in [5, 5.41) is 4.51. The van der Waals surface area contributed by atoms with Crippen molar-refractivity contribution in [2.24, 2.45) is 0 Å². The van der Waals surface area contributed by atoms with Crippen molar-refractivity contribution in [3.8, 4) is 0 Å². The highest BCUT2D eigenvalue weighted by Crippen LogP contribution is 2.32. The lowest BCUT2D eigenvalue weighted by molar-refractivity contribution is -0.143. The fourth-order valence-electron chi connectivity index (χ4n) is 3.02. The van der Waals surface area contributed by atoms with E-state index in [2.05, 4.69) is 15.4 Å². The van der Waals surface area contributed by atoms with Gasteiger partial charge in [-0.2, -0.15) is 0 Å². The van der Waals surface area contributed by atoms with Crippen LogP contribution in [0.4, 0.5) is 5.69 Å². The molecule has 0 spiro atoms. The Morgan fingerprint density at radius 2 is 1.96 bits per heavy atom. The molecule has 0 aliphatic carbocycles. The molecule has 3 rings (SSSR count). The molecule has 2 N–H and O–H groups in total. The topological polar surface area (TPSA) is 139 Å². The van der Waals surface area contributed by atoms with Gasteiger partial charge in [0.2, 0.25) is 17.7 Å². The number of methoxy groups -OCH3 is 1. The van der Waals surface area contributed by atoms with Crippen LogP contribution in [-0.4, -0.2) is 53.6 Å². The molecule has 1 unspecified atom stereocenters. The number of carbonyl (C=O) groups excluding carboxylic acids is 6. The average molecular weight is 373 g/mol. The van der Waals surface area contributed by atoms with E-state index < -0.39 is 48.0 Å². The largest absolute Gasteiger partial charge is 0.469 e. The van der Waals surface area contributed by atoms with Crippen molar-refractivity contribution in [1.82, 2.24) is 10.2 Å². The third-order valence-electron chi connectivity index (χ3n) is 4.27. The van der Waals surface area contributed by atoms with Gasteiger partial charge in [0, 0.05) is 6.42 Å². The predicted octanol–water partition coefficient (Wildman–Crippen LogP) is -0.411. The monoisotopic (exact) mass is 373 g/mol. The Hall–Kier alpha value is -3.56. The predicted molar refractivity (Wildman–Crippen MR) is 88.4 cm³/mol. The van der Waals surface area contributed by atoms with E-state index in [4.69, 9.17) is 0 Å². The smallest absolute Gasteiger partial charge is 0.315 e. The first-order valence-corrected chi connectivity index (χ1v) is 8.04. The molecular formula is C17H15N3O7. The number of carbonyl (C=O) groups is 6. The Kier molecular flexibility index (Phi) is 4.72. The van der Waals surface area contributed by atoms with Crippen molar-refractivity contribution in [2.75, 3.05) is 12.4 Å². The molecule has 1 saturated heterocycles. The summed E-state index contributed by atoms with van der Waals surface area (Å²) in [5.41, 5.74) is 0.0144. The first-order valence-electron chi connectivity index (χ1n) is 8.04. The number of ether oxygens (including phenoxy) is 1. The summed E-state index contributed by atoms with van der Waals surface area (Å²) >= 11 is 0. The van der Waals surface area contributed by atoms with Gasteiger partial charge in [-0.15, -0.1) is 0 Å². The molecule has 10 nitrogen and oxygen atoms in total. The second kappa shape index (κ2) is 6.98. The summed E-state index contributed by atoms with van der Waals surface area (Å²) in [6.07, 6.45) is -0.522. The molecule has 0 aromatic heterocycles. The van der Waals surface area contributed by atoms with Crippen molar-refractivity contribution in [3.05, 3.63) is 29.3 Å². The minimum Gasteiger partial charge on any atom is -0.469 e. The Bertz CT molecular complexity index is 893. The molecule has 2 aliphatic rings. The third kappa shape index (κ3) is 3.28. The molecule has 0 saturated carbocycles. The van der Waals surface area contributed by atoms with E-state index in [0.29, 0.717) is 0 Å². The van der Waals surface area contributed by atoms with E-state index in [1.807, 2.05) is 0 Å². The summed E-state index contributed by atoms with van der Waals surface area (Å²) in [4.78, 5) is 72.7. The zero-order valence-electron chi connectivity index (χ0n) is 14.2. The van der Waals surface area contributed by atoms with Crippen molar-refractivity contribution < 1.29 is 33.5 Å². The quantitative estimate of drug-likeness (QED) is 0.415. The number of nitrogens with zero attached hydrogens (tertiary/aromatic N) is 1. The van der Waals surface area contributed by atoms with Crippen LogP contribution in [0.5, 0.6) is 0 Å². The Balaban J connectivity index is 1.88. The van der Waals surface area contributed by atoms with Gasteiger partial charge in [0.05, 0.1) is 23.9 Å². The van der Waals surface area contributed by atoms with E-state index in [9.17, 15) is 28.8 Å². The van der Waals surface area contributed by atoms with E-state index in [0.717, 1.165) is 12.0 Å². The number of rotatable bonds is 4. The number of esters is 1. The first-order chi connectivity index (χ1) is 12.8. The maximum absolute atomic E-state index is 12.8. The van der Waals surface area contributed by atoms with Gasteiger partial charge in [0.15, 0.2) is 0 Å². The van der Waals surface area contributed by atoms with E-state index in [-0.39, 0.29) is 29.7 Å². The minimum atomic E-state index is -1.10. The maximum atomic E-state index is 12.8. The number of fused-ring (bicyclic) bond motifs is 1. The highest BCUT2D eigenvalue weighted by Gasteiger charge is 2.45. The highest BCUT2D eigenvalue weighted by atomic mass is 16.5. The standard InChI is InChI=1S/C17H15N3O7/c1-27-13(23)7-12(22)18-9-4-2-3-8-14(9)17(26)20(16(8)25)10-5-6-11(21)19-15(10)24/h2-4,10H,5-7H2,1H3,(H,18,22)(H,19,21,24). The van der Waals surface area contributed by atoms with Crippen LogP contribution in [0.25, 0.3) is 0 Å². The Morgan fingerprint density at radius 3 is 2.63 bits per heavy atom. The fraction of sp³-hybridized carbons (Fsp3) is 0.294. The normalized spacial score (nSPS) is 18.9. The summed E-state index contributed by atoms with van der Waals surface area (Å²) < 4.78 is 4.41. The molecule has 5 amide bonds. The van der Waals surface area contributed by atoms with E-state index in [1.54, 1.807) is 0 Å². The Labute approximate surface area is 152 Å². The van der Waals surface area contributed by atoms with Crippen LogP contribution in [0.2, 0.25) is 0 Å². The van der Waals surface area contributed by atoms with Crippen molar-refractivity contribution in [2.45, 2.75) is 25.3 Å². The van der Waals surface area contributed by atoms with Crippen LogP contribution in [-0.2, 0) is 23.9 Å². The maximum Gasteiger partial charge on any atom is 0.315 e. The molecule has 10 heteroatoms. The zero-order valence-corrected chi connectivity index (χ0v) is 14.2. The molecule has 0 radical (unpaired) electrons. The molecular weight excluding hydrogens is 358 g/mol. The van der Waals surface area contributed by atoms with Crippen LogP contribution >= 0.6 is 0 Å². The Morgan fingerprint density at radius 1 is 1.22 bits per heavy atom. The van der Waals surface area contributed by atoms with Gasteiger partial charge in [-0.05, 0) is 18.6 Å². The van der Waals surface area contributed by atoms with Gasteiger partial charge in [-0.1, -0.05) is 6.07 Å². The number of hydrogen-bond donors (Lipinski definition) is 2. The number of piperidine rings is 1. The lowest BCUT2D eigenvalue weighted by atomic mass is 10.0. The molecule has 1 atom stereocenters. The summed E-state index contributed by atoms with van der Waals surface area (Å²) in [6.45, 7) is 0. The lowest BCUT2D eigenvalue weighted by Crippen LogP contribution is -2.54. The number of benzene rings is 1. The number of hydrogen-bond acceptors (Lipinski definition) is 7. The van der Waals surface area contributed by atoms with Crippen LogP contribution in [0.1, 0.15) is 40.0 Å². The number of anilines is 1. The summed E-state index contributed by atoms with van der Waals surface area (Å²) in [5.74, 6) is -4.10. The SMILES string of the molecule is COC(=O)CC(=O)Nc1cccc2c1C(=O)N(C1CCC(=O)NC1=O)C2=O. The second-order valence-electron chi connectivity index (χ2n) is 5.98. The van der Waals surface area contributed by atoms with Crippen LogP contribution < -0.4 is 10.6 Å². The zero-order chi connectivity index (χ0) is 19.7. The third-order valence-corrected chi connectivity index (χ3v) is 4.27. The van der Waals surface area contributed by atoms with Crippen LogP contribution in [0.3, 0.4) is 0 Å². The van der Waals surface area contributed by atoms with Crippen molar-refractivity contribution >= 4 is 41.2 Å². The minimum absolute atomic E-state index is 0.00648. The summed E-state index contributed by atoms with van der Waals surface area (Å²) in [7, 11) is 1.13. The van der Waals surface area contributed by atoms with Crippen LogP contribution in [0, 0.1) is 0 Å². The van der Waals surface area contributed by atoms with Crippen LogP contribution in [0.15, 0.2) is 18.2 Å². The summed E-state index contributed by atoms with van der Waals surface area (Å²) in [6, 6.07) is 3.17. The molecule has 1 fully saturated rings. The number of amides is 5. The molecule has 2 aliphatic heterocycles.